The van der Waals surface area contributed by atoms with Crippen LogP contribution in [-0.2, 0) is 11.3 Å². The summed E-state index contributed by atoms with van der Waals surface area (Å²) in [5, 5.41) is 2.77. The van der Waals surface area contributed by atoms with Gasteiger partial charge in [0.25, 0.3) is 5.91 Å². The van der Waals surface area contributed by atoms with Crippen LogP contribution in [0.1, 0.15) is 29.8 Å². The summed E-state index contributed by atoms with van der Waals surface area (Å²) in [5.74, 6) is -0.395. The van der Waals surface area contributed by atoms with Gasteiger partial charge in [-0.3, -0.25) is 9.59 Å². The van der Waals surface area contributed by atoms with E-state index in [9.17, 15) is 14.0 Å². The van der Waals surface area contributed by atoms with Crippen molar-refractivity contribution in [3.8, 4) is 5.75 Å². The summed E-state index contributed by atoms with van der Waals surface area (Å²) >= 11 is 0. The van der Waals surface area contributed by atoms with Crippen LogP contribution in [0, 0.1) is 11.7 Å². The van der Waals surface area contributed by atoms with Crippen molar-refractivity contribution in [3.63, 3.8) is 0 Å². The number of hydrogen-bond acceptors (Lipinski definition) is 3. The first kappa shape index (κ1) is 22.1. The molecule has 0 fully saturated rings. The lowest BCUT2D eigenvalue weighted by atomic mass is 10.0. The number of ether oxygens (including phenoxy) is 1. The van der Waals surface area contributed by atoms with E-state index >= 15 is 0 Å². The molecule has 1 atom stereocenters. The van der Waals surface area contributed by atoms with Gasteiger partial charge in [-0.25, -0.2) is 4.39 Å². The van der Waals surface area contributed by atoms with Crippen molar-refractivity contribution in [2.75, 3.05) is 13.7 Å². The van der Waals surface area contributed by atoms with Crippen LogP contribution in [0.25, 0.3) is 0 Å². The maximum absolute atomic E-state index is 13.1. The SMILES string of the molecule is C=CCOc1ccc(CN(C)C(=O)[C@@H](NC(=O)c2ccc(F)cc2)C(C)C)cc1. The molecule has 5 nitrogen and oxygen atoms in total. The van der Waals surface area contributed by atoms with Crippen LogP contribution in [0.2, 0.25) is 0 Å². The standard InChI is InChI=1S/C23H27FN2O3/c1-5-14-29-20-12-6-17(7-13-20)15-26(4)23(28)21(16(2)3)25-22(27)18-8-10-19(24)11-9-18/h5-13,16,21H,1,14-15H2,2-4H3,(H,25,27)/t21-/m0/s1. The van der Waals surface area contributed by atoms with Gasteiger partial charge in [0.1, 0.15) is 24.2 Å². The van der Waals surface area contributed by atoms with E-state index in [0.29, 0.717) is 18.7 Å². The van der Waals surface area contributed by atoms with E-state index in [0.717, 1.165) is 11.3 Å². The van der Waals surface area contributed by atoms with Gasteiger partial charge in [0.05, 0.1) is 0 Å². The first-order valence-electron chi connectivity index (χ1n) is 9.46. The summed E-state index contributed by atoms with van der Waals surface area (Å²) in [7, 11) is 1.70. The molecular weight excluding hydrogens is 371 g/mol. The van der Waals surface area contributed by atoms with E-state index < -0.39 is 17.8 Å². The lowest BCUT2D eigenvalue weighted by molar-refractivity contribution is -0.133. The third-order valence-electron chi connectivity index (χ3n) is 4.41. The number of nitrogens with zero attached hydrogens (tertiary/aromatic N) is 1. The minimum Gasteiger partial charge on any atom is -0.490 e. The molecule has 2 rings (SSSR count). The van der Waals surface area contributed by atoms with Crippen LogP contribution < -0.4 is 10.1 Å². The van der Waals surface area contributed by atoms with Gasteiger partial charge in [-0.15, -0.1) is 0 Å². The Morgan fingerprint density at radius 3 is 2.31 bits per heavy atom. The number of rotatable bonds is 9. The Balaban J connectivity index is 2.02. The summed E-state index contributed by atoms with van der Waals surface area (Å²) in [4.78, 5) is 27.0. The summed E-state index contributed by atoms with van der Waals surface area (Å²) in [6, 6.07) is 12.0. The fraction of sp³-hybridized carbons (Fsp3) is 0.304. The fourth-order valence-electron chi connectivity index (χ4n) is 2.77. The number of benzene rings is 2. The Labute approximate surface area is 171 Å². The number of hydrogen-bond donors (Lipinski definition) is 1. The van der Waals surface area contributed by atoms with Crippen LogP contribution in [0.3, 0.4) is 0 Å². The quantitative estimate of drug-likeness (QED) is 0.654. The Hall–Kier alpha value is -3.15. The first-order chi connectivity index (χ1) is 13.8. The van der Waals surface area contributed by atoms with Crippen molar-refractivity contribution in [3.05, 3.63) is 78.1 Å². The van der Waals surface area contributed by atoms with Crippen molar-refractivity contribution in [1.82, 2.24) is 10.2 Å². The third kappa shape index (κ3) is 6.45. The minimum atomic E-state index is -0.687. The van der Waals surface area contributed by atoms with Crippen LogP contribution >= 0.6 is 0 Å². The minimum absolute atomic E-state index is 0.107. The average molecular weight is 398 g/mol. The number of carbonyl (C=O) groups excluding carboxylic acids is 2. The molecule has 0 unspecified atom stereocenters. The molecule has 0 aliphatic heterocycles. The molecule has 0 saturated carbocycles. The summed E-state index contributed by atoms with van der Waals surface area (Å²) in [6.07, 6.45) is 1.67. The van der Waals surface area contributed by atoms with Crippen LogP contribution in [0.15, 0.2) is 61.2 Å². The molecule has 0 spiro atoms. The zero-order valence-electron chi connectivity index (χ0n) is 17.0. The molecule has 0 radical (unpaired) electrons. The molecule has 0 saturated heterocycles. The Morgan fingerprint density at radius 2 is 1.76 bits per heavy atom. The fourth-order valence-corrected chi connectivity index (χ4v) is 2.77. The van der Waals surface area contributed by atoms with E-state index in [1.54, 1.807) is 18.0 Å². The van der Waals surface area contributed by atoms with Crippen molar-refractivity contribution in [1.29, 1.82) is 0 Å². The lowest BCUT2D eigenvalue weighted by Crippen LogP contribution is -2.50. The van der Waals surface area contributed by atoms with Crippen LogP contribution in [0.5, 0.6) is 5.75 Å². The lowest BCUT2D eigenvalue weighted by Gasteiger charge is -2.27. The molecule has 0 heterocycles. The highest BCUT2D eigenvalue weighted by molar-refractivity contribution is 5.97. The van der Waals surface area contributed by atoms with Gasteiger partial charge in [-0.2, -0.15) is 0 Å². The first-order valence-corrected chi connectivity index (χ1v) is 9.46. The molecule has 6 heteroatoms. The highest BCUT2D eigenvalue weighted by Crippen LogP contribution is 2.15. The predicted molar refractivity (Wildman–Crippen MR) is 111 cm³/mol. The molecular formula is C23H27FN2O3. The van der Waals surface area contributed by atoms with Gasteiger partial charge in [0.15, 0.2) is 0 Å². The number of halogens is 1. The highest BCUT2D eigenvalue weighted by Gasteiger charge is 2.27. The second-order valence-corrected chi connectivity index (χ2v) is 7.14. The van der Waals surface area contributed by atoms with Gasteiger partial charge < -0.3 is 15.0 Å². The monoisotopic (exact) mass is 398 g/mol. The zero-order chi connectivity index (χ0) is 21.4. The molecule has 2 aromatic carbocycles. The average Bonchev–Trinajstić information content (AvgIpc) is 2.71. The topological polar surface area (TPSA) is 58.6 Å². The van der Waals surface area contributed by atoms with Gasteiger partial charge in [-0.1, -0.05) is 38.6 Å². The van der Waals surface area contributed by atoms with Crippen LogP contribution in [0.4, 0.5) is 4.39 Å². The maximum Gasteiger partial charge on any atom is 0.251 e. The molecule has 0 aliphatic rings. The molecule has 2 amide bonds. The molecule has 29 heavy (non-hydrogen) atoms. The Kier molecular flexibility index (Phi) is 7.95. The van der Waals surface area contributed by atoms with Gasteiger partial charge in [0, 0.05) is 19.2 Å². The van der Waals surface area contributed by atoms with E-state index in [4.69, 9.17) is 4.74 Å². The van der Waals surface area contributed by atoms with E-state index in [1.807, 2.05) is 38.1 Å². The van der Waals surface area contributed by atoms with Crippen molar-refractivity contribution in [2.45, 2.75) is 26.4 Å². The predicted octanol–water partition coefficient (Wildman–Crippen LogP) is 3.80. The molecule has 0 bridgehead atoms. The van der Waals surface area contributed by atoms with E-state index in [1.165, 1.54) is 24.3 Å². The van der Waals surface area contributed by atoms with Crippen molar-refractivity contribution in [2.24, 2.45) is 5.92 Å². The molecule has 0 aromatic heterocycles. The van der Waals surface area contributed by atoms with Gasteiger partial charge >= 0.3 is 0 Å². The smallest absolute Gasteiger partial charge is 0.251 e. The second-order valence-electron chi connectivity index (χ2n) is 7.14. The largest absolute Gasteiger partial charge is 0.490 e. The molecule has 154 valence electrons. The maximum atomic E-state index is 13.1. The molecule has 0 aliphatic carbocycles. The number of nitrogens with one attached hydrogen (secondary N) is 1. The van der Waals surface area contributed by atoms with Gasteiger partial charge in [-0.05, 0) is 47.9 Å². The van der Waals surface area contributed by atoms with Crippen molar-refractivity contribution >= 4 is 11.8 Å². The molecule has 1 N–H and O–H groups in total. The zero-order valence-corrected chi connectivity index (χ0v) is 17.0. The normalized spacial score (nSPS) is 11.6. The van der Waals surface area contributed by atoms with Crippen molar-refractivity contribution < 1.29 is 18.7 Å². The number of likely N-dealkylation sites (N-methyl/N-ethyl adjacent to an activating group) is 1. The summed E-state index contributed by atoms with van der Waals surface area (Å²) in [5.41, 5.74) is 1.25. The second kappa shape index (κ2) is 10.4. The molecule has 2 aromatic rings. The summed E-state index contributed by atoms with van der Waals surface area (Å²) in [6.45, 7) is 8.18. The van der Waals surface area contributed by atoms with Gasteiger partial charge in [0.2, 0.25) is 5.91 Å². The van der Waals surface area contributed by atoms with E-state index in [2.05, 4.69) is 11.9 Å². The van der Waals surface area contributed by atoms with Crippen LogP contribution in [-0.4, -0.2) is 36.4 Å². The number of carbonyl (C=O) groups is 2. The third-order valence-corrected chi connectivity index (χ3v) is 4.41. The Morgan fingerprint density at radius 1 is 1.14 bits per heavy atom. The van der Waals surface area contributed by atoms with E-state index in [-0.39, 0.29) is 11.8 Å². The summed E-state index contributed by atoms with van der Waals surface area (Å²) < 4.78 is 18.5. The number of amides is 2. The Bertz CT molecular complexity index is 832. The highest BCUT2D eigenvalue weighted by atomic mass is 19.1.